The van der Waals surface area contributed by atoms with Gasteiger partial charge in [0.2, 0.25) is 0 Å². The van der Waals surface area contributed by atoms with Gasteiger partial charge in [-0.05, 0) is 18.9 Å². The summed E-state index contributed by atoms with van der Waals surface area (Å²) in [4.78, 5) is 0. The number of nitrogens with one attached hydrogen (secondary N) is 1. The molecule has 0 saturated carbocycles. The highest BCUT2D eigenvalue weighted by Gasteiger charge is 2.08. The Kier molecular flexibility index (Phi) is 5.74. The van der Waals surface area contributed by atoms with E-state index in [0.29, 0.717) is 18.5 Å². The Morgan fingerprint density at radius 2 is 2.25 bits per heavy atom. The first-order chi connectivity index (χ1) is 7.69. The third-order valence-corrected chi connectivity index (χ3v) is 2.88. The molecule has 2 N–H and O–H groups in total. The average molecular weight is 246 g/mol. The summed E-state index contributed by atoms with van der Waals surface area (Å²) in [6.07, 6.45) is 1.58. The summed E-state index contributed by atoms with van der Waals surface area (Å²) < 4.78 is 13.5. The second-order valence-corrected chi connectivity index (χ2v) is 4.12. The van der Waals surface area contributed by atoms with Gasteiger partial charge in [0.1, 0.15) is 5.82 Å². The molecule has 1 unspecified atom stereocenters. The fourth-order valence-electron chi connectivity index (χ4n) is 1.55. The van der Waals surface area contributed by atoms with Crippen LogP contribution in [0.3, 0.4) is 0 Å². The summed E-state index contributed by atoms with van der Waals surface area (Å²) in [6.45, 7) is 2.61. The topological polar surface area (TPSA) is 32.3 Å². The van der Waals surface area contributed by atoms with Crippen LogP contribution in [0, 0.1) is 5.82 Å². The largest absolute Gasteiger partial charge is 0.396 e. The first-order valence-electron chi connectivity index (χ1n) is 5.46. The van der Waals surface area contributed by atoms with E-state index in [1.54, 1.807) is 12.1 Å². The van der Waals surface area contributed by atoms with Crippen molar-refractivity contribution in [1.82, 2.24) is 5.32 Å². The van der Waals surface area contributed by atoms with Crippen molar-refractivity contribution in [2.75, 3.05) is 6.61 Å². The van der Waals surface area contributed by atoms with Crippen molar-refractivity contribution >= 4 is 11.6 Å². The zero-order valence-corrected chi connectivity index (χ0v) is 10.1. The van der Waals surface area contributed by atoms with E-state index in [9.17, 15) is 4.39 Å². The van der Waals surface area contributed by atoms with Gasteiger partial charge in [0.25, 0.3) is 0 Å². The fourth-order valence-corrected chi connectivity index (χ4v) is 1.74. The van der Waals surface area contributed by atoms with Crippen LogP contribution in [0.2, 0.25) is 5.02 Å². The van der Waals surface area contributed by atoms with E-state index in [4.69, 9.17) is 16.7 Å². The average Bonchev–Trinajstić information content (AvgIpc) is 2.29. The second kappa shape index (κ2) is 6.84. The molecular formula is C12H17ClFNO. The maximum absolute atomic E-state index is 13.5. The van der Waals surface area contributed by atoms with Crippen molar-refractivity contribution in [2.45, 2.75) is 32.4 Å². The Balaban J connectivity index is 2.56. The van der Waals surface area contributed by atoms with Crippen molar-refractivity contribution in [2.24, 2.45) is 0 Å². The second-order valence-electron chi connectivity index (χ2n) is 3.71. The highest BCUT2D eigenvalue weighted by molar-refractivity contribution is 6.30. The van der Waals surface area contributed by atoms with E-state index >= 15 is 0 Å². The highest BCUT2D eigenvalue weighted by Crippen LogP contribution is 2.17. The molecule has 0 bridgehead atoms. The monoisotopic (exact) mass is 245 g/mol. The smallest absolute Gasteiger partial charge is 0.146 e. The molecule has 0 spiro atoms. The lowest BCUT2D eigenvalue weighted by molar-refractivity contribution is 0.261. The van der Waals surface area contributed by atoms with Crippen molar-refractivity contribution in [3.8, 4) is 0 Å². The van der Waals surface area contributed by atoms with Gasteiger partial charge < -0.3 is 10.4 Å². The van der Waals surface area contributed by atoms with Crippen LogP contribution in [0.1, 0.15) is 25.3 Å². The van der Waals surface area contributed by atoms with Gasteiger partial charge >= 0.3 is 0 Å². The Labute approximate surface area is 100 Å². The zero-order chi connectivity index (χ0) is 12.0. The molecule has 0 aliphatic heterocycles. The van der Waals surface area contributed by atoms with E-state index in [-0.39, 0.29) is 23.5 Å². The number of hydrogen-bond acceptors (Lipinski definition) is 2. The standard InChI is InChI=1S/C12H17ClFNO/c1-2-10(6-7-16)15-8-9-4-3-5-11(13)12(9)14/h3-5,10,15-16H,2,6-8H2,1H3. The number of aliphatic hydroxyl groups excluding tert-OH is 1. The number of hydrogen-bond donors (Lipinski definition) is 2. The lowest BCUT2D eigenvalue weighted by Crippen LogP contribution is -2.29. The molecule has 16 heavy (non-hydrogen) atoms. The van der Waals surface area contributed by atoms with Gasteiger partial charge in [-0.2, -0.15) is 0 Å². The molecule has 1 rings (SSSR count). The van der Waals surface area contributed by atoms with Gasteiger partial charge in [0, 0.05) is 24.8 Å². The number of halogens is 2. The maximum atomic E-state index is 13.5. The Morgan fingerprint density at radius 1 is 1.50 bits per heavy atom. The number of benzene rings is 1. The third kappa shape index (κ3) is 3.74. The molecule has 1 aromatic carbocycles. The van der Waals surface area contributed by atoms with Crippen molar-refractivity contribution in [3.63, 3.8) is 0 Å². The summed E-state index contributed by atoms with van der Waals surface area (Å²) in [5, 5.41) is 12.2. The molecule has 2 nitrogen and oxygen atoms in total. The highest BCUT2D eigenvalue weighted by atomic mass is 35.5. The quantitative estimate of drug-likeness (QED) is 0.808. The van der Waals surface area contributed by atoms with Gasteiger partial charge in [0.05, 0.1) is 5.02 Å². The molecule has 0 radical (unpaired) electrons. The van der Waals surface area contributed by atoms with Crippen molar-refractivity contribution in [3.05, 3.63) is 34.6 Å². The normalized spacial score (nSPS) is 12.8. The van der Waals surface area contributed by atoms with E-state index in [1.807, 2.05) is 6.92 Å². The van der Waals surface area contributed by atoms with Crippen LogP contribution in [0.25, 0.3) is 0 Å². The van der Waals surface area contributed by atoms with Gasteiger partial charge in [-0.3, -0.25) is 0 Å². The lowest BCUT2D eigenvalue weighted by atomic mass is 10.1. The first-order valence-corrected chi connectivity index (χ1v) is 5.84. The van der Waals surface area contributed by atoms with Gasteiger partial charge in [-0.1, -0.05) is 30.7 Å². The molecule has 0 amide bonds. The molecule has 4 heteroatoms. The molecule has 1 atom stereocenters. The number of rotatable bonds is 6. The Morgan fingerprint density at radius 3 is 2.88 bits per heavy atom. The van der Waals surface area contributed by atoms with Crippen LogP contribution in [0.15, 0.2) is 18.2 Å². The third-order valence-electron chi connectivity index (χ3n) is 2.58. The minimum absolute atomic E-state index is 0.142. The molecule has 0 aliphatic rings. The summed E-state index contributed by atoms with van der Waals surface area (Å²) in [7, 11) is 0. The molecule has 0 aromatic heterocycles. The minimum atomic E-state index is -0.365. The maximum Gasteiger partial charge on any atom is 0.146 e. The van der Waals surface area contributed by atoms with Crippen LogP contribution in [0.4, 0.5) is 4.39 Å². The summed E-state index contributed by atoms with van der Waals surface area (Å²) in [6, 6.07) is 5.18. The molecule has 90 valence electrons. The van der Waals surface area contributed by atoms with E-state index in [0.717, 1.165) is 6.42 Å². The first kappa shape index (κ1) is 13.4. The van der Waals surface area contributed by atoms with Crippen LogP contribution >= 0.6 is 11.6 Å². The predicted molar refractivity (Wildman–Crippen MR) is 64.0 cm³/mol. The van der Waals surface area contributed by atoms with Gasteiger partial charge in [0.15, 0.2) is 0 Å². The van der Waals surface area contributed by atoms with Crippen molar-refractivity contribution in [1.29, 1.82) is 0 Å². The van der Waals surface area contributed by atoms with Crippen LogP contribution in [-0.4, -0.2) is 17.8 Å². The molecular weight excluding hydrogens is 229 g/mol. The summed E-state index contributed by atoms with van der Waals surface area (Å²) in [5.74, 6) is -0.365. The Hall–Kier alpha value is -0.640. The lowest BCUT2D eigenvalue weighted by Gasteiger charge is -2.16. The molecule has 0 heterocycles. The Bertz CT molecular complexity index is 333. The SMILES string of the molecule is CCC(CCO)NCc1cccc(Cl)c1F. The van der Waals surface area contributed by atoms with Gasteiger partial charge in [-0.25, -0.2) is 4.39 Å². The summed E-state index contributed by atoms with van der Waals surface area (Å²) in [5.41, 5.74) is 0.559. The molecule has 0 aliphatic carbocycles. The minimum Gasteiger partial charge on any atom is -0.396 e. The van der Waals surface area contributed by atoms with Crippen LogP contribution in [0.5, 0.6) is 0 Å². The van der Waals surface area contributed by atoms with Crippen LogP contribution in [-0.2, 0) is 6.54 Å². The fraction of sp³-hybridized carbons (Fsp3) is 0.500. The molecule has 0 fully saturated rings. The van der Waals surface area contributed by atoms with Crippen LogP contribution < -0.4 is 5.32 Å². The van der Waals surface area contributed by atoms with Gasteiger partial charge in [-0.15, -0.1) is 0 Å². The predicted octanol–water partition coefficient (Wildman–Crippen LogP) is 2.73. The molecule has 0 saturated heterocycles. The number of aliphatic hydroxyl groups is 1. The molecule has 1 aromatic rings. The van der Waals surface area contributed by atoms with E-state index in [2.05, 4.69) is 5.32 Å². The zero-order valence-electron chi connectivity index (χ0n) is 9.34. The van der Waals surface area contributed by atoms with E-state index in [1.165, 1.54) is 6.07 Å². The summed E-state index contributed by atoms with van der Waals surface area (Å²) >= 11 is 5.68. The van der Waals surface area contributed by atoms with Crippen molar-refractivity contribution < 1.29 is 9.50 Å². The van der Waals surface area contributed by atoms with E-state index < -0.39 is 0 Å².